The molecule has 2 atom stereocenters. The molecule has 0 radical (unpaired) electrons. The van der Waals surface area contributed by atoms with Crippen LogP contribution in [0.1, 0.15) is 60.9 Å². The summed E-state index contributed by atoms with van der Waals surface area (Å²) >= 11 is 0. The van der Waals surface area contributed by atoms with Gasteiger partial charge in [-0.15, -0.1) is 5.10 Å². The van der Waals surface area contributed by atoms with Crippen LogP contribution in [0, 0.1) is 12.3 Å². The third-order valence-electron chi connectivity index (χ3n) is 9.08. The number of pyridine rings is 1. The zero-order valence-electron chi connectivity index (χ0n) is 26.2. The van der Waals surface area contributed by atoms with Crippen molar-refractivity contribution in [2.75, 3.05) is 13.7 Å². The zero-order valence-corrected chi connectivity index (χ0v) is 26.2. The summed E-state index contributed by atoms with van der Waals surface area (Å²) in [6.45, 7) is 9.77. The molecule has 0 saturated heterocycles. The monoisotopic (exact) mass is 593 g/mol. The molecule has 9 heteroatoms. The smallest absolute Gasteiger partial charge is 0.310 e. The second-order valence-electron chi connectivity index (χ2n) is 12.4. The predicted octanol–water partition coefficient (Wildman–Crippen LogP) is 6.25. The number of fused-ring (bicyclic) bond motifs is 3. The first-order chi connectivity index (χ1) is 21.1. The van der Waals surface area contributed by atoms with Gasteiger partial charge in [0.2, 0.25) is 0 Å². The van der Waals surface area contributed by atoms with Crippen LogP contribution in [0.5, 0.6) is 11.5 Å². The Bertz CT molecular complexity index is 1860. The molecule has 0 spiro atoms. The fourth-order valence-corrected chi connectivity index (χ4v) is 6.53. The standard InChI is InChI=1S/C35H39N5O4/c1-7-26-20-40(19-25-16-28-22(9-8-14-36-28)17-31(25)44-26)18-24-15-23(10-13-30(24)43-6)32(35(3,4)34(41)42)27-11-12-29-33(21(27)2)37-38-39(29)5/h8-17,26,32H,7,18-20H2,1-6H3,(H,41,42)/t26-,32?/m1/s1. The minimum absolute atomic E-state index is 0.0274. The number of methoxy groups -OCH3 is 1. The number of hydrogen-bond donors (Lipinski definition) is 1. The molecule has 3 aromatic carbocycles. The summed E-state index contributed by atoms with van der Waals surface area (Å²) in [6, 6.07) is 18.3. The molecule has 228 valence electrons. The predicted molar refractivity (Wildman–Crippen MR) is 170 cm³/mol. The number of aromatic nitrogens is 4. The molecule has 1 aliphatic heterocycles. The first-order valence-corrected chi connectivity index (χ1v) is 15.1. The molecule has 0 aliphatic carbocycles. The fraction of sp³-hybridized carbons (Fsp3) is 0.371. The number of hydrogen-bond acceptors (Lipinski definition) is 7. The molecule has 6 rings (SSSR count). The molecule has 1 N–H and O–H groups in total. The van der Waals surface area contributed by atoms with E-state index in [1.807, 2.05) is 50.5 Å². The molecule has 0 fully saturated rings. The molecule has 5 aromatic rings. The van der Waals surface area contributed by atoms with Crippen molar-refractivity contribution in [1.29, 1.82) is 0 Å². The maximum atomic E-state index is 12.7. The van der Waals surface area contributed by atoms with Crippen LogP contribution < -0.4 is 9.47 Å². The average Bonchev–Trinajstić information content (AvgIpc) is 3.29. The van der Waals surface area contributed by atoms with Gasteiger partial charge in [0.05, 0.1) is 23.6 Å². The summed E-state index contributed by atoms with van der Waals surface area (Å²) in [5.41, 5.74) is 6.37. The molecule has 44 heavy (non-hydrogen) atoms. The molecular weight excluding hydrogens is 554 g/mol. The molecular formula is C35H39N5O4. The number of benzene rings is 3. The highest BCUT2D eigenvalue weighted by atomic mass is 16.5. The lowest BCUT2D eigenvalue weighted by atomic mass is 9.70. The number of aliphatic carboxylic acids is 1. The third-order valence-corrected chi connectivity index (χ3v) is 9.08. The van der Waals surface area contributed by atoms with Gasteiger partial charge >= 0.3 is 5.97 Å². The van der Waals surface area contributed by atoms with Gasteiger partial charge in [-0.3, -0.25) is 14.7 Å². The number of carbonyl (C=O) groups is 1. The van der Waals surface area contributed by atoms with Gasteiger partial charge < -0.3 is 14.6 Å². The van der Waals surface area contributed by atoms with E-state index >= 15 is 0 Å². The van der Waals surface area contributed by atoms with Gasteiger partial charge in [-0.05, 0) is 74.2 Å². The molecule has 0 amide bonds. The lowest BCUT2D eigenvalue weighted by molar-refractivity contribution is -0.147. The quantitative estimate of drug-likeness (QED) is 0.225. The van der Waals surface area contributed by atoms with Crippen molar-refractivity contribution < 1.29 is 19.4 Å². The first-order valence-electron chi connectivity index (χ1n) is 15.1. The highest BCUT2D eigenvalue weighted by Gasteiger charge is 2.40. The second-order valence-corrected chi connectivity index (χ2v) is 12.4. The Morgan fingerprint density at radius 1 is 1.18 bits per heavy atom. The summed E-state index contributed by atoms with van der Waals surface area (Å²) in [7, 11) is 3.54. The summed E-state index contributed by atoms with van der Waals surface area (Å²) in [5.74, 6) is 0.357. The first kappa shape index (κ1) is 29.6. The highest BCUT2D eigenvalue weighted by Crippen LogP contribution is 2.44. The van der Waals surface area contributed by atoms with E-state index in [1.165, 1.54) is 0 Å². The van der Waals surface area contributed by atoms with E-state index in [1.54, 1.807) is 25.6 Å². The minimum Gasteiger partial charge on any atom is -0.496 e. The van der Waals surface area contributed by atoms with Crippen molar-refractivity contribution >= 4 is 27.9 Å². The van der Waals surface area contributed by atoms with Crippen molar-refractivity contribution in [3.8, 4) is 11.5 Å². The normalized spacial score (nSPS) is 16.4. The molecule has 3 heterocycles. The van der Waals surface area contributed by atoms with E-state index in [-0.39, 0.29) is 6.10 Å². The minimum atomic E-state index is -1.11. The zero-order chi connectivity index (χ0) is 31.2. The number of carboxylic acids is 1. The van der Waals surface area contributed by atoms with Crippen LogP contribution >= 0.6 is 0 Å². The number of carboxylic acid groups (broad SMARTS) is 1. The maximum absolute atomic E-state index is 12.7. The Hall–Kier alpha value is -4.50. The Morgan fingerprint density at radius 3 is 2.75 bits per heavy atom. The molecule has 9 nitrogen and oxygen atoms in total. The molecule has 1 aliphatic rings. The SMILES string of the molecule is CC[C@@H]1CN(Cc2cc(C(c3ccc4c(nnn4C)c3C)C(C)(C)C(=O)O)ccc2OC)Cc2cc3ncccc3cc2O1. The van der Waals surface area contributed by atoms with Crippen LogP contribution in [-0.4, -0.2) is 55.7 Å². The van der Waals surface area contributed by atoms with Crippen molar-refractivity contribution in [1.82, 2.24) is 24.9 Å². The van der Waals surface area contributed by atoms with Crippen LogP contribution in [0.2, 0.25) is 0 Å². The van der Waals surface area contributed by atoms with Gasteiger partial charge in [0, 0.05) is 55.3 Å². The Labute approximate surface area is 257 Å². The van der Waals surface area contributed by atoms with E-state index in [0.29, 0.717) is 13.1 Å². The average molecular weight is 594 g/mol. The maximum Gasteiger partial charge on any atom is 0.310 e. The molecule has 0 saturated carbocycles. The third kappa shape index (κ3) is 5.26. The van der Waals surface area contributed by atoms with Gasteiger partial charge in [-0.2, -0.15) is 0 Å². The van der Waals surface area contributed by atoms with Gasteiger partial charge in [0.15, 0.2) is 0 Å². The van der Waals surface area contributed by atoms with Gasteiger partial charge in [0.25, 0.3) is 0 Å². The van der Waals surface area contributed by atoms with E-state index in [0.717, 1.165) is 74.2 Å². The lowest BCUT2D eigenvalue weighted by Crippen LogP contribution is -2.33. The molecule has 2 aromatic heterocycles. The van der Waals surface area contributed by atoms with Gasteiger partial charge in [-0.1, -0.05) is 36.4 Å². The summed E-state index contributed by atoms with van der Waals surface area (Å²) < 4.78 is 14.1. The van der Waals surface area contributed by atoms with Gasteiger partial charge in [0.1, 0.15) is 23.1 Å². The lowest BCUT2D eigenvalue weighted by Gasteiger charge is -2.33. The van der Waals surface area contributed by atoms with E-state index in [4.69, 9.17) is 9.47 Å². The van der Waals surface area contributed by atoms with Crippen molar-refractivity contribution in [3.63, 3.8) is 0 Å². The van der Waals surface area contributed by atoms with Gasteiger partial charge in [-0.25, -0.2) is 4.68 Å². The van der Waals surface area contributed by atoms with E-state index < -0.39 is 17.3 Å². The van der Waals surface area contributed by atoms with Crippen LogP contribution in [0.15, 0.2) is 60.8 Å². The molecule has 0 bridgehead atoms. The van der Waals surface area contributed by atoms with E-state index in [9.17, 15) is 9.90 Å². The van der Waals surface area contributed by atoms with Crippen molar-refractivity contribution in [2.24, 2.45) is 12.5 Å². The largest absolute Gasteiger partial charge is 0.496 e. The number of ether oxygens (including phenoxy) is 2. The van der Waals surface area contributed by atoms with Crippen LogP contribution in [-0.2, 0) is 24.9 Å². The van der Waals surface area contributed by atoms with Crippen molar-refractivity contribution in [2.45, 2.75) is 59.2 Å². The second kappa shape index (κ2) is 11.5. The summed E-state index contributed by atoms with van der Waals surface area (Å²) in [6.07, 6.45) is 2.71. The van der Waals surface area contributed by atoms with Crippen LogP contribution in [0.4, 0.5) is 0 Å². The summed E-state index contributed by atoms with van der Waals surface area (Å²) in [5, 5.41) is 20.1. The number of rotatable bonds is 8. The topological polar surface area (TPSA) is 103 Å². The summed E-state index contributed by atoms with van der Waals surface area (Å²) in [4.78, 5) is 19.7. The van der Waals surface area contributed by atoms with E-state index in [2.05, 4.69) is 51.4 Å². The highest BCUT2D eigenvalue weighted by molar-refractivity contribution is 5.82. The fourth-order valence-electron chi connectivity index (χ4n) is 6.53. The Kier molecular flexibility index (Phi) is 7.75. The number of nitrogens with zero attached hydrogens (tertiary/aromatic N) is 5. The molecule has 1 unspecified atom stereocenters. The van der Waals surface area contributed by atoms with Crippen LogP contribution in [0.25, 0.3) is 21.9 Å². The number of aryl methyl sites for hydroxylation is 2. The Morgan fingerprint density at radius 2 is 2.00 bits per heavy atom. The van der Waals surface area contributed by atoms with Crippen molar-refractivity contribution in [3.05, 3.63) is 88.6 Å². The van der Waals surface area contributed by atoms with Crippen LogP contribution in [0.3, 0.4) is 0 Å². The Balaban J connectivity index is 1.42.